The van der Waals surface area contributed by atoms with Crippen molar-refractivity contribution in [2.45, 2.75) is 6.04 Å². The van der Waals surface area contributed by atoms with Crippen LogP contribution in [0.1, 0.15) is 27.5 Å². The van der Waals surface area contributed by atoms with Crippen molar-refractivity contribution in [3.05, 3.63) is 101 Å². The van der Waals surface area contributed by atoms with Crippen LogP contribution in [0.2, 0.25) is 0 Å². The summed E-state index contributed by atoms with van der Waals surface area (Å²) in [5, 5.41) is 11.3. The molecule has 0 spiro atoms. The highest BCUT2D eigenvalue weighted by Gasteiger charge is 2.48. The van der Waals surface area contributed by atoms with Crippen LogP contribution < -0.4 is 4.90 Å². The van der Waals surface area contributed by atoms with Crippen LogP contribution in [0, 0.1) is 5.82 Å². The van der Waals surface area contributed by atoms with Gasteiger partial charge in [-0.05, 0) is 35.9 Å². The van der Waals surface area contributed by atoms with Gasteiger partial charge in [0.1, 0.15) is 11.6 Å². The van der Waals surface area contributed by atoms with Crippen molar-refractivity contribution >= 4 is 50.1 Å². The van der Waals surface area contributed by atoms with E-state index in [9.17, 15) is 23.9 Å². The number of ketones is 1. The molecule has 7 nitrogen and oxygen atoms in total. The average molecular weight is 488 g/mol. The molecule has 0 radical (unpaired) electrons. The van der Waals surface area contributed by atoms with E-state index in [0.717, 1.165) is 11.3 Å². The fourth-order valence-electron chi connectivity index (χ4n) is 4.01. The zero-order valence-electron chi connectivity index (χ0n) is 18.3. The molecular weight excluding hydrogens is 471 g/mol. The highest BCUT2D eigenvalue weighted by atomic mass is 32.1. The van der Waals surface area contributed by atoms with Crippen LogP contribution in [-0.4, -0.2) is 34.9 Å². The van der Waals surface area contributed by atoms with E-state index in [2.05, 4.69) is 4.98 Å². The van der Waals surface area contributed by atoms with E-state index >= 15 is 0 Å². The average Bonchev–Trinajstić information content (AvgIpc) is 3.41. The summed E-state index contributed by atoms with van der Waals surface area (Å²) < 4.78 is 19.0. The Morgan fingerprint density at radius 3 is 2.43 bits per heavy atom. The number of hydrogen-bond acceptors (Lipinski definition) is 7. The standard InChI is InChI=1S/C26H17FN2O5S/c1-34-25(33)16-9-7-14(8-10-16)21-20(22(30)15-5-3-2-4-6-15)23(31)24(32)29(21)26-28-18-12-11-17(27)13-19(18)35-26/h2-13,21,30H,1H3/b22-20+. The minimum absolute atomic E-state index is 0.113. The highest BCUT2D eigenvalue weighted by Crippen LogP contribution is 2.44. The number of benzene rings is 3. The number of fused-ring (bicyclic) bond motifs is 1. The van der Waals surface area contributed by atoms with E-state index < -0.39 is 29.5 Å². The molecule has 5 rings (SSSR count). The van der Waals surface area contributed by atoms with Gasteiger partial charge in [0.05, 0.1) is 34.5 Å². The molecule has 1 fully saturated rings. The normalized spacial score (nSPS) is 17.2. The van der Waals surface area contributed by atoms with Crippen molar-refractivity contribution in [1.29, 1.82) is 0 Å². The Hall–Kier alpha value is -4.37. The molecule has 1 aliphatic heterocycles. The maximum absolute atomic E-state index is 13.8. The lowest BCUT2D eigenvalue weighted by molar-refractivity contribution is -0.132. The number of anilines is 1. The van der Waals surface area contributed by atoms with Crippen LogP contribution in [0.3, 0.4) is 0 Å². The Labute approximate surface area is 202 Å². The van der Waals surface area contributed by atoms with Gasteiger partial charge < -0.3 is 9.84 Å². The Kier molecular flexibility index (Phi) is 5.62. The maximum Gasteiger partial charge on any atom is 0.337 e. The Morgan fingerprint density at radius 2 is 1.74 bits per heavy atom. The lowest BCUT2D eigenvalue weighted by atomic mass is 9.95. The first-order valence-electron chi connectivity index (χ1n) is 10.5. The molecule has 1 aromatic heterocycles. The molecule has 35 heavy (non-hydrogen) atoms. The fraction of sp³-hybridized carbons (Fsp3) is 0.0769. The fourth-order valence-corrected chi connectivity index (χ4v) is 5.02. The quantitative estimate of drug-likeness (QED) is 0.191. The Balaban J connectivity index is 1.71. The Bertz CT molecular complexity index is 1510. The molecule has 9 heteroatoms. The molecule has 1 unspecified atom stereocenters. The van der Waals surface area contributed by atoms with Crippen LogP contribution in [0.5, 0.6) is 0 Å². The summed E-state index contributed by atoms with van der Waals surface area (Å²) in [6.45, 7) is 0. The predicted molar refractivity (Wildman–Crippen MR) is 129 cm³/mol. The number of carbonyl (C=O) groups is 3. The second-order valence-electron chi connectivity index (χ2n) is 7.76. The molecular formula is C26H17FN2O5S. The van der Waals surface area contributed by atoms with Crippen LogP contribution in [0.25, 0.3) is 16.0 Å². The molecule has 3 aromatic carbocycles. The second-order valence-corrected chi connectivity index (χ2v) is 8.77. The van der Waals surface area contributed by atoms with Crippen LogP contribution >= 0.6 is 11.3 Å². The summed E-state index contributed by atoms with van der Waals surface area (Å²) in [5.41, 5.74) is 1.48. The van der Waals surface area contributed by atoms with E-state index in [1.165, 1.54) is 42.3 Å². The van der Waals surface area contributed by atoms with Gasteiger partial charge in [-0.3, -0.25) is 14.5 Å². The third-order valence-electron chi connectivity index (χ3n) is 5.68. The molecule has 4 aromatic rings. The molecule has 1 N–H and O–H groups in total. The number of aliphatic hydroxyl groups excluding tert-OH is 1. The number of aliphatic hydroxyl groups is 1. The molecule has 174 valence electrons. The zero-order chi connectivity index (χ0) is 24.7. The summed E-state index contributed by atoms with van der Waals surface area (Å²) in [7, 11) is 1.26. The number of Topliss-reactive ketones (excluding diaryl/α,β-unsaturated/α-hetero) is 1. The first-order chi connectivity index (χ1) is 16.9. The number of nitrogens with zero attached hydrogens (tertiary/aromatic N) is 2. The van der Waals surface area contributed by atoms with Crippen molar-refractivity contribution in [2.75, 3.05) is 12.0 Å². The summed E-state index contributed by atoms with van der Waals surface area (Å²) in [6.07, 6.45) is 0. The maximum atomic E-state index is 13.8. The number of esters is 1. The van der Waals surface area contributed by atoms with Gasteiger partial charge in [-0.15, -0.1) is 0 Å². The molecule has 2 heterocycles. The topological polar surface area (TPSA) is 96.8 Å². The minimum atomic E-state index is -1.02. The van der Waals surface area contributed by atoms with Gasteiger partial charge in [-0.2, -0.15) is 0 Å². The molecule has 1 atom stereocenters. The van der Waals surface area contributed by atoms with E-state index in [-0.39, 0.29) is 22.0 Å². The van der Waals surface area contributed by atoms with Gasteiger partial charge in [0.15, 0.2) is 5.13 Å². The first-order valence-corrected chi connectivity index (χ1v) is 11.3. The molecule has 0 bridgehead atoms. The van der Waals surface area contributed by atoms with Gasteiger partial charge >= 0.3 is 11.9 Å². The monoisotopic (exact) mass is 488 g/mol. The second kappa shape index (κ2) is 8.77. The number of rotatable bonds is 4. The van der Waals surface area contributed by atoms with Crippen LogP contribution in [-0.2, 0) is 14.3 Å². The lowest BCUT2D eigenvalue weighted by Gasteiger charge is -2.23. The SMILES string of the molecule is COC(=O)c1ccc(C2/C(=C(\O)c3ccccc3)C(=O)C(=O)N2c2nc3ccc(F)cc3s2)cc1. The van der Waals surface area contributed by atoms with Crippen molar-refractivity contribution in [2.24, 2.45) is 0 Å². The van der Waals surface area contributed by atoms with Gasteiger partial charge in [-0.25, -0.2) is 14.2 Å². The zero-order valence-corrected chi connectivity index (χ0v) is 19.1. The predicted octanol–water partition coefficient (Wildman–Crippen LogP) is 4.85. The van der Waals surface area contributed by atoms with Crippen molar-refractivity contribution in [1.82, 2.24) is 4.98 Å². The molecule has 1 aliphatic rings. The number of hydrogen-bond donors (Lipinski definition) is 1. The minimum Gasteiger partial charge on any atom is -0.507 e. The van der Waals surface area contributed by atoms with Crippen LogP contribution in [0.4, 0.5) is 9.52 Å². The number of halogens is 1. The third kappa shape index (κ3) is 3.85. The number of carbonyl (C=O) groups excluding carboxylic acids is 3. The van der Waals surface area contributed by atoms with Crippen LogP contribution in [0.15, 0.2) is 78.4 Å². The number of ether oxygens (including phenoxy) is 1. The van der Waals surface area contributed by atoms with E-state index in [1.54, 1.807) is 42.5 Å². The number of thiazole rings is 1. The lowest BCUT2D eigenvalue weighted by Crippen LogP contribution is -2.29. The first kappa shape index (κ1) is 22.4. The van der Waals surface area contributed by atoms with E-state index in [1.807, 2.05) is 0 Å². The smallest absolute Gasteiger partial charge is 0.337 e. The van der Waals surface area contributed by atoms with Gasteiger partial charge in [-0.1, -0.05) is 53.8 Å². The summed E-state index contributed by atoms with van der Waals surface area (Å²) >= 11 is 1.06. The van der Waals surface area contributed by atoms with Crippen molar-refractivity contribution < 1.29 is 28.6 Å². The molecule has 1 amide bonds. The number of methoxy groups -OCH3 is 1. The highest BCUT2D eigenvalue weighted by molar-refractivity contribution is 7.22. The molecule has 0 aliphatic carbocycles. The van der Waals surface area contributed by atoms with Gasteiger partial charge in [0, 0.05) is 5.56 Å². The summed E-state index contributed by atoms with van der Waals surface area (Å²) in [5.74, 6) is -3.07. The van der Waals surface area contributed by atoms with Crippen molar-refractivity contribution in [3.8, 4) is 0 Å². The Morgan fingerprint density at radius 1 is 1.03 bits per heavy atom. The molecule has 0 saturated carbocycles. The van der Waals surface area contributed by atoms with E-state index in [0.29, 0.717) is 21.3 Å². The van der Waals surface area contributed by atoms with Gasteiger partial charge in [0.2, 0.25) is 0 Å². The molecule has 1 saturated heterocycles. The largest absolute Gasteiger partial charge is 0.507 e. The summed E-state index contributed by atoms with van der Waals surface area (Å²) in [4.78, 5) is 44.0. The van der Waals surface area contributed by atoms with Crippen molar-refractivity contribution in [3.63, 3.8) is 0 Å². The number of aromatic nitrogens is 1. The third-order valence-corrected chi connectivity index (χ3v) is 6.70. The number of amides is 1. The van der Waals surface area contributed by atoms with E-state index in [4.69, 9.17) is 4.74 Å². The summed E-state index contributed by atoms with van der Waals surface area (Å²) in [6, 6.07) is 17.6. The van der Waals surface area contributed by atoms with Gasteiger partial charge in [0.25, 0.3) is 5.78 Å².